The summed E-state index contributed by atoms with van der Waals surface area (Å²) in [6.45, 7) is 3.16. The molecule has 0 spiro atoms. The van der Waals surface area contributed by atoms with Gasteiger partial charge in [0.2, 0.25) is 0 Å². The van der Waals surface area contributed by atoms with Gasteiger partial charge in [0, 0.05) is 20.8 Å². The molecule has 0 radical (unpaired) electrons. The van der Waals surface area contributed by atoms with Crippen molar-refractivity contribution in [2.45, 2.75) is 102 Å². The van der Waals surface area contributed by atoms with Gasteiger partial charge in [-0.15, -0.1) is 0 Å². The monoisotopic (exact) mass is 344 g/mol. The quantitative estimate of drug-likeness (QED) is 0.316. The number of ether oxygens (including phenoxy) is 1. The average molecular weight is 345 g/mol. The van der Waals surface area contributed by atoms with Crippen LogP contribution in [0.5, 0.6) is 0 Å². The molecular formula is C19H40O3Si. The molecule has 1 aliphatic heterocycles. The van der Waals surface area contributed by atoms with Gasteiger partial charge < -0.3 is 13.6 Å². The lowest BCUT2D eigenvalue weighted by atomic mass is 10.0. The fourth-order valence-electron chi connectivity index (χ4n) is 3.81. The maximum atomic E-state index is 6.20. The maximum absolute atomic E-state index is 6.20. The Morgan fingerprint density at radius 1 is 0.826 bits per heavy atom. The average Bonchev–Trinajstić information content (AvgIpc) is 2.58. The molecule has 0 saturated carbocycles. The second-order valence-corrected chi connectivity index (χ2v) is 9.76. The van der Waals surface area contributed by atoms with Gasteiger partial charge in [0.05, 0.1) is 0 Å². The topological polar surface area (TPSA) is 27.7 Å². The van der Waals surface area contributed by atoms with Crippen LogP contribution in [0.1, 0.15) is 96.8 Å². The van der Waals surface area contributed by atoms with Crippen LogP contribution in [0.25, 0.3) is 0 Å². The summed E-state index contributed by atoms with van der Waals surface area (Å²) >= 11 is 0. The summed E-state index contributed by atoms with van der Waals surface area (Å²) in [5.41, 5.74) is 0. The molecule has 23 heavy (non-hydrogen) atoms. The van der Waals surface area contributed by atoms with E-state index in [2.05, 4.69) is 6.92 Å². The van der Waals surface area contributed by atoms with Crippen LogP contribution in [-0.4, -0.2) is 35.3 Å². The highest BCUT2D eigenvalue weighted by Crippen LogP contribution is 2.33. The third-order valence-electron chi connectivity index (χ3n) is 5.20. The van der Waals surface area contributed by atoms with Crippen LogP contribution in [0.3, 0.4) is 0 Å². The molecule has 3 nitrogen and oxygen atoms in total. The Labute approximate surface area is 146 Å². The Balaban J connectivity index is 2.13. The molecule has 1 unspecified atom stereocenters. The lowest BCUT2D eigenvalue weighted by Gasteiger charge is -2.40. The lowest BCUT2D eigenvalue weighted by Crippen LogP contribution is -2.53. The summed E-state index contributed by atoms with van der Waals surface area (Å²) < 4.78 is 17.6. The van der Waals surface area contributed by atoms with Gasteiger partial charge in [0.15, 0.2) is 0 Å². The van der Waals surface area contributed by atoms with Gasteiger partial charge in [0.1, 0.15) is 5.22 Å². The number of hydrogen-bond acceptors (Lipinski definition) is 3. The number of hydrogen-bond donors (Lipinski definition) is 0. The maximum Gasteiger partial charge on any atom is 0.354 e. The standard InChI is InChI=1S/C19H40O3Si/c1-4-5-6-7-8-9-10-11-12-13-16-19(23(20-2)21-3)17-14-15-18-22-19/h23H,4-18H2,1-3H3. The summed E-state index contributed by atoms with van der Waals surface area (Å²) in [5.74, 6) is 0. The predicted molar refractivity (Wildman–Crippen MR) is 100 cm³/mol. The molecule has 1 saturated heterocycles. The van der Waals surface area contributed by atoms with Crippen molar-refractivity contribution in [1.29, 1.82) is 0 Å². The molecule has 138 valence electrons. The van der Waals surface area contributed by atoms with Crippen LogP contribution in [0.4, 0.5) is 0 Å². The highest BCUT2D eigenvalue weighted by Gasteiger charge is 2.44. The molecule has 1 atom stereocenters. The first-order valence-corrected chi connectivity index (χ1v) is 11.5. The zero-order valence-electron chi connectivity index (χ0n) is 15.9. The van der Waals surface area contributed by atoms with Gasteiger partial charge in [0.25, 0.3) is 0 Å². The molecule has 0 bridgehead atoms. The lowest BCUT2D eigenvalue weighted by molar-refractivity contribution is -0.0529. The molecule has 0 amide bonds. The largest absolute Gasteiger partial charge is 0.398 e. The molecule has 0 aromatic rings. The Kier molecular flexibility index (Phi) is 12.3. The Morgan fingerprint density at radius 2 is 1.39 bits per heavy atom. The fourth-order valence-corrected chi connectivity index (χ4v) is 6.00. The Hall–Kier alpha value is 0.0969. The Morgan fingerprint density at radius 3 is 1.87 bits per heavy atom. The molecule has 1 rings (SSSR count). The van der Waals surface area contributed by atoms with Crippen LogP contribution < -0.4 is 0 Å². The molecule has 4 heteroatoms. The SMILES string of the molecule is CCCCCCCCCCCCC1([SiH](OC)OC)CCCCO1. The van der Waals surface area contributed by atoms with E-state index < -0.39 is 9.28 Å². The Bertz CT molecular complexity index is 263. The predicted octanol–water partition coefficient (Wildman–Crippen LogP) is 5.29. The first kappa shape index (κ1) is 21.1. The van der Waals surface area contributed by atoms with Crippen LogP contribution in [0.15, 0.2) is 0 Å². The van der Waals surface area contributed by atoms with Crippen molar-refractivity contribution in [3.8, 4) is 0 Å². The second-order valence-electron chi connectivity index (χ2n) is 7.11. The van der Waals surface area contributed by atoms with Crippen LogP contribution >= 0.6 is 0 Å². The third kappa shape index (κ3) is 8.15. The smallest absolute Gasteiger partial charge is 0.354 e. The van der Waals surface area contributed by atoms with Gasteiger partial charge in [-0.2, -0.15) is 0 Å². The van der Waals surface area contributed by atoms with Crippen LogP contribution in [-0.2, 0) is 13.6 Å². The minimum Gasteiger partial charge on any atom is -0.398 e. The first-order valence-electron chi connectivity index (χ1n) is 9.98. The minimum atomic E-state index is -1.71. The molecular weight excluding hydrogens is 304 g/mol. The normalized spacial score (nSPS) is 21.9. The molecule has 1 fully saturated rings. The number of unbranched alkanes of at least 4 members (excludes halogenated alkanes) is 9. The fraction of sp³-hybridized carbons (Fsp3) is 1.00. The van der Waals surface area contributed by atoms with Crippen LogP contribution in [0, 0.1) is 0 Å². The van der Waals surface area contributed by atoms with E-state index in [0.29, 0.717) is 0 Å². The van der Waals surface area contributed by atoms with E-state index in [1.54, 1.807) is 14.2 Å². The van der Waals surface area contributed by atoms with Crippen molar-refractivity contribution in [3.63, 3.8) is 0 Å². The van der Waals surface area contributed by atoms with E-state index in [-0.39, 0.29) is 5.22 Å². The molecule has 0 aromatic carbocycles. The summed E-state index contributed by atoms with van der Waals surface area (Å²) in [4.78, 5) is 0. The summed E-state index contributed by atoms with van der Waals surface area (Å²) in [5, 5.41) is -0.0676. The first-order chi connectivity index (χ1) is 11.3. The van der Waals surface area contributed by atoms with E-state index in [4.69, 9.17) is 13.6 Å². The second kappa shape index (κ2) is 13.4. The van der Waals surface area contributed by atoms with Crippen molar-refractivity contribution in [2.24, 2.45) is 0 Å². The van der Waals surface area contributed by atoms with E-state index >= 15 is 0 Å². The van der Waals surface area contributed by atoms with E-state index in [1.807, 2.05) is 0 Å². The van der Waals surface area contributed by atoms with Crippen molar-refractivity contribution >= 4 is 9.28 Å². The van der Waals surface area contributed by atoms with Crippen molar-refractivity contribution in [1.82, 2.24) is 0 Å². The van der Waals surface area contributed by atoms with Gasteiger partial charge in [-0.1, -0.05) is 71.1 Å². The van der Waals surface area contributed by atoms with Gasteiger partial charge in [-0.05, 0) is 25.7 Å². The zero-order chi connectivity index (χ0) is 16.8. The molecule has 0 aliphatic carbocycles. The van der Waals surface area contributed by atoms with Gasteiger partial charge in [-0.3, -0.25) is 0 Å². The third-order valence-corrected chi connectivity index (χ3v) is 7.65. The summed E-state index contributed by atoms with van der Waals surface area (Å²) in [6, 6.07) is 0. The van der Waals surface area contributed by atoms with Crippen molar-refractivity contribution < 1.29 is 13.6 Å². The van der Waals surface area contributed by atoms with Crippen molar-refractivity contribution in [3.05, 3.63) is 0 Å². The van der Waals surface area contributed by atoms with Crippen molar-refractivity contribution in [2.75, 3.05) is 20.8 Å². The van der Waals surface area contributed by atoms with E-state index in [9.17, 15) is 0 Å². The minimum absolute atomic E-state index is 0.0676. The summed E-state index contributed by atoms with van der Waals surface area (Å²) in [6.07, 6.45) is 18.5. The highest BCUT2D eigenvalue weighted by atomic mass is 28.3. The van der Waals surface area contributed by atoms with Gasteiger partial charge >= 0.3 is 9.28 Å². The summed E-state index contributed by atoms with van der Waals surface area (Å²) in [7, 11) is 1.87. The van der Waals surface area contributed by atoms with E-state index in [1.165, 1.54) is 77.0 Å². The van der Waals surface area contributed by atoms with Gasteiger partial charge in [-0.25, -0.2) is 0 Å². The zero-order valence-corrected chi connectivity index (χ0v) is 17.1. The molecule has 1 aliphatic rings. The number of rotatable bonds is 14. The van der Waals surface area contributed by atoms with E-state index in [0.717, 1.165) is 19.4 Å². The molecule has 1 heterocycles. The molecule has 0 N–H and O–H groups in total. The molecule has 0 aromatic heterocycles. The highest BCUT2D eigenvalue weighted by molar-refractivity contribution is 6.48. The van der Waals surface area contributed by atoms with Crippen LogP contribution in [0.2, 0.25) is 0 Å².